The van der Waals surface area contributed by atoms with Crippen LogP contribution in [0.5, 0.6) is 0 Å². The van der Waals surface area contributed by atoms with Crippen LogP contribution in [0.2, 0.25) is 5.02 Å². The lowest BCUT2D eigenvalue weighted by molar-refractivity contribution is 0.252. The van der Waals surface area contributed by atoms with Crippen LogP contribution in [0, 0.1) is 5.82 Å². The van der Waals surface area contributed by atoms with Crippen molar-refractivity contribution in [3.63, 3.8) is 0 Å². The van der Waals surface area contributed by atoms with E-state index in [0.29, 0.717) is 37.1 Å². The Balaban J connectivity index is 1.41. The molecule has 0 bridgehead atoms. The second-order valence-corrected chi connectivity index (χ2v) is 11.3. The fourth-order valence-corrected chi connectivity index (χ4v) is 5.54. The summed E-state index contributed by atoms with van der Waals surface area (Å²) >= 11 is 5.94. The Hall–Kier alpha value is -3.46. The monoisotopic (exact) mass is 546 g/mol. The van der Waals surface area contributed by atoms with Gasteiger partial charge in [-0.05, 0) is 41.5 Å². The molecule has 0 aliphatic carbocycles. The first kappa shape index (κ1) is 25.2. The van der Waals surface area contributed by atoms with Gasteiger partial charge in [-0.15, -0.1) is 5.10 Å². The molecule has 37 heavy (non-hydrogen) atoms. The number of piperidine rings is 1. The van der Waals surface area contributed by atoms with E-state index in [1.54, 1.807) is 24.5 Å². The summed E-state index contributed by atoms with van der Waals surface area (Å²) in [5.74, 6) is -0.287. The zero-order chi connectivity index (χ0) is 26.3. The Morgan fingerprint density at radius 3 is 2.65 bits per heavy atom. The first-order valence-corrected chi connectivity index (χ1v) is 13.1. The third-order valence-corrected chi connectivity index (χ3v) is 8.54. The van der Waals surface area contributed by atoms with Gasteiger partial charge in [0.2, 0.25) is 0 Å². The summed E-state index contributed by atoms with van der Waals surface area (Å²) in [6.45, 7) is 0.827. The first-order chi connectivity index (χ1) is 17.7. The molecule has 3 aromatic heterocycles. The highest BCUT2D eigenvalue weighted by Gasteiger charge is 2.30. The van der Waals surface area contributed by atoms with Crippen LogP contribution in [0.4, 0.5) is 10.2 Å². The molecule has 0 radical (unpaired) electrons. The molecule has 194 valence electrons. The highest BCUT2D eigenvalue weighted by atomic mass is 35.5. The topological polar surface area (TPSA) is 141 Å². The molecule has 0 spiro atoms. The predicted molar refractivity (Wildman–Crippen MR) is 135 cm³/mol. The van der Waals surface area contributed by atoms with Crippen molar-refractivity contribution in [3.05, 3.63) is 53.7 Å². The number of pyridine rings is 1. The summed E-state index contributed by atoms with van der Waals surface area (Å²) in [7, 11) is -0.379. The summed E-state index contributed by atoms with van der Waals surface area (Å²) in [6.07, 6.45) is 6.48. The van der Waals surface area contributed by atoms with E-state index in [2.05, 4.69) is 25.6 Å². The number of hydrogen-bond donors (Lipinski definition) is 1. The van der Waals surface area contributed by atoms with Gasteiger partial charge in [0.1, 0.15) is 11.5 Å². The molecule has 1 saturated heterocycles. The van der Waals surface area contributed by atoms with Crippen molar-refractivity contribution in [2.75, 3.05) is 32.9 Å². The van der Waals surface area contributed by atoms with Crippen LogP contribution < -0.4 is 5.73 Å². The molecule has 1 aromatic carbocycles. The minimum atomic E-state index is -3.43. The van der Waals surface area contributed by atoms with Gasteiger partial charge < -0.3 is 5.73 Å². The number of tetrazole rings is 1. The smallest absolute Gasteiger partial charge is 0.281 e. The Morgan fingerprint density at radius 2 is 1.92 bits per heavy atom. The van der Waals surface area contributed by atoms with E-state index >= 15 is 0 Å². The zero-order valence-corrected chi connectivity index (χ0v) is 21.6. The molecule has 0 saturated carbocycles. The van der Waals surface area contributed by atoms with Crippen molar-refractivity contribution in [1.29, 1.82) is 0 Å². The average molecular weight is 547 g/mol. The van der Waals surface area contributed by atoms with Crippen molar-refractivity contribution < 1.29 is 12.8 Å². The van der Waals surface area contributed by atoms with E-state index in [4.69, 9.17) is 17.3 Å². The number of nitrogens with zero attached hydrogens (tertiary/aromatic N) is 9. The van der Waals surface area contributed by atoms with Gasteiger partial charge in [-0.1, -0.05) is 17.7 Å². The van der Waals surface area contributed by atoms with E-state index in [-0.39, 0.29) is 28.4 Å². The van der Waals surface area contributed by atoms with Crippen molar-refractivity contribution in [3.8, 4) is 28.2 Å². The van der Waals surface area contributed by atoms with Gasteiger partial charge in [-0.25, -0.2) is 9.37 Å². The summed E-state index contributed by atoms with van der Waals surface area (Å²) < 4.78 is 45.2. The van der Waals surface area contributed by atoms with Crippen molar-refractivity contribution in [1.82, 2.24) is 43.6 Å². The standard InChI is InChI=1S/C22H24ClFN10O2S/c1-31(2)37(35,36)32-8-6-16(7-9-32)33-13-15(12-27-33)14-10-17(21(25)26-11-14)22-28-29-30-34(22)19-5-3-4-18(23)20(19)24/h3-5,10-13,16H,6-9H2,1-2H3,(H2,25,26). The highest BCUT2D eigenvalue weighted by Crippen LogP contribution is 2.32. The van der Waals surface area contributed by atoms with E-state index in [9.17, 15) is 12.8 Å². The minimum absolute atomic E-state index is 0.0571. The van der Waals surface area contributed by atoms with Gasteiger partial charge in [-0.3, -0.25) is 4.68 Å². The maximum Gasteiger partial charge on any atom is 0.281 e. The maximum atomic E-state index is 14.7. The van der Waals surface area contributed by atoms with E-state index in [0.717, 1.165) is 5.56 Å². The van der Waals surface area contributed by atoms with Gasteiger partial charge in [0, 0.05) is 50.7 Å². The van der Waals surface area contributed by atoms with Crippen LogP contribution in [-0.2, 0) is 10.2 Å². The largest absolute Gasteiger partial charge is 0.383 e. The molecule has 0 atom stereocenters. The number of halogens is 2. The number of nitrogen functional groups attached to an aromatic ring is 1. The second kappa shape index (κ2) is 9.78. The van der Waals surface area contributed by atoms with Crippen molar-refractivity contribution in [2.45, 2.75) is 18.9 Å². The van der Waals surface area contributed by atoms with Crippen LogP contribution in [-0.4, -0.2) is 79.2 Å². The third-order valence-electron chi connectivity index (χ3n) is 6.31. The van der Waals surface area contributed by atoms with Crippen LogP contribution in [0.25, 0.3) is 28.2 Å². The number of nitrogens with two attached hydrogens (primary N) is 1. The van der Waals surface area contributed by atoms with Gasteiger partial charge in [0.05, 0.1) is 22.8 Å². The van der Waals surface area contributed by atoms with Crippen LogP contribution in [0.3, 0.4) is 0 Å². The lowest BCUT2D eigenvalue weighted by Gasteiger charge is -2.32. The molecule has 2 N–H and O–H groups in total. The molecule has 4 heterocycles. The normalized spacial score (nSPS) is 15.5. The van der Waals surface area contributed by atoms with Crippen molar-refractivity contribution in [2.24, 2.45) is 0 Å². The minimum Gasteiger partial charge on any atom is -0.383 e. The molecule has 1 aliphatic heterocycles. The third kappa shape index (κ3) is 4.68. The molecular formula is C22H24ClFN10O2S. The molecular weight excluding hydrogens is 523 g/mol. The SMILES string of the molecule is CN(C)S(=O)(=O)N1CCC(n2cc(-c3cnc(N)c(-c4nnnn4-c4cccc(Cl)c4F)c3)cn2)CC1. The Kier molecular flexibility index (Phi) is 6.66. The Bertz CT molecular complexity index is 1550. The van der Waals surface area contributed by atoms with E-state index in [1.807, 2.05) is 10.9 Å². The molecule has 12 nitrogen and oxygen atoms in total. The lowest BCUT2D eigenvalue weighted by atomic mass is 10.1. The van der Waals surface area contributed by atoms with Gasteiger partial charge in [0.25, 0.3) is 10.2 Å². The van der Waals surface area contributed by atoms with Crippen LogP contribution in [0.15, 0.2) is 42.9 Å². The summed E-state index contributed by atoms with van der Waals surface area (Å²) in [4.78, 5) is 4.30. The van der Waals surface area contributed by atoms with Crippen molar-refractivity contribution >= 4 is 27.6 Å². The fourth-order valence-electron chi connectivity index (χ4n) is 4.24. The lowest BCUT2D eigenvalue weighted by Crippen LogP contribution is -2.44. The number of benzene rings is 1. The molecule has 1 aliphatic rings. The number of aromatic nitrogens is 7. The van der Waals surface area contributed by atoms with Crippen LogP contribution >= 0.6 is 11.6 Å². The molecule has 4 aromatic rings. The summed E-state index contributed by atoms with van der Waals surface area (Å²) in [5.41, 5.74) is 8.13. The maximum absolute atomic E-state index is 14.7. The van der Waals surface area contributed by atoms with Gasteiger partial charge >= 0.3 is 0 Å². The summed E-state index contributed by atoms with van der Waals surface area (Å²) in [5, 5.41) is 16.1. The number of hydrogen-bond acceptors (Lipinski definition) is 8. The van der Waals surface area contributed by atoms with E-state index < -0.39 is 16.0 Å². The number of anilines is 1. The zero-order valence-electron chi connectivity index (χ0n) is 20.0. The molecule has 0 unspecified atom stereocenters. The predicted octanol–water partition coefficient (Wildman–Crippen LogP) is 2.41. The Labute approximate surface area is 217 Å². The second-order valence-electron chi connectivity index (χ2n) is 8.77. The fraction of sp³-hybridized carbons (Fsp3) is 0.318. The van der Waals surface area contributed by atoms with Crippen LogP contribution in [0.1, 0.15) is 18.9 Å². The molecule has 0 amide bonds. The molecule has 5 rings (SSSR count). The number of rotatable bonds is 6. The van der Waals surface area contributed by atoms with Gasteiger partial charge in [0.15, 0.2) is 11.6 Å². The summed E-state index contributed by atoms with van der Waals surface area (Å²) in [6, 6.07) is 6.36. The van der Waals surface area contributed by atoms with Gasteiger partial charge in [-0.2, -0.15) is 26.8 Å². The molecule has 1 fully saturated rings. The molecule has 15 heteroatoms. The Morgan fingerprint density at radius 1 is 1.16 bits per heavy atom. The quantitative estimate of drug-likeness (QED) is 0.388. The first-order valence-electron chi connectivity index (χ1n) is 11.4. The van der Waals surface area contributed by atoms with E-state index in [1.165, 1.54) is 39.5 Å². The average Bonchev–Trinajstić information content (AvgIpc) is 3.56. The highest BCUT2D eigenvalue weighted by molar-refractivity contribution is 7.86.